The molecule has 2 rings (SSSR count). The van der Waals surface area contributed by atoms with E-state index in [-0.39, 0.29) is 0 Å². The lowest BCUT2D eigenvalue weighted by molar-refractivity contribution is -0.00731. The van der Waals surface area contributed by atoms with Crippen molar-refractivity contribution in [3.63, 3.8) is 0 Å². The molecule has 0 amide bonds. The predicted molar refractivity (Wildman–Crippen MR) is 83.8 cm³/mol. The van der Waals surface area contributed by atoms with Crippen LogP contribution in [0.1, 0.15) is 39.5 Å². The molecular formula is C16H25BO4. The van der Waals surface area contributed by atoms with Gasteiger partial charge >= 0.3 is 7.12 Å². The van der Waals surface area contributed by atoms with Crippen molar-refractivity contribution in [1.82, 2.24) is 0 Å². The molecule has 0 bridgehead atoms. The molecule has 1 saturated carbocycles. The van der Waals surface area contributed by atoms with Crippen molar-refractivity contribution in [1.29, 1.82) is 0 Å². The number of rotatable bonds is 6. The summed E-state index contributed by atoms with van der Waals surface area (Å²) in [6, 6.07) is 6.83. The zero-order valence-electron chi connectivity index (χ0n) is 12.9. The van der Waals surface area contributed by atoms with Crippen molar-refractivity contribution in [2.45, 2.75) is 45.6 Å². The molecule has 2 N–H and O–H groups in total. The van der Waals surface area contributed by atoms with Crippen molar-refractivity contribution in [3.05, 3.63) is 24.3 Å². The molecule has 0 aliphatic heterocycles. The van der Waals surface area contributed by atoms with Gasteiger partial charge in [-0.1, -0.05) is 26.0 Å². The Morgan fingerprint density at radius 3 is 2.57 bits per heavy atom. The predicted octanol–water partition coefficient (Wildman–Crippen LogP) is 1.73. The smallest absolute Gasteiger partial charge is 0.488 e. The maximum absolute atomic E-state index is 9.11. The summed E-state index contributed by atoms with van der Waals surface area (Å²) in [6.07, 6.45) is 5.04. The van der Waals surface area contributed by atoms with Gasteiger partial charge in [-0.2, -0.15) is 0 Å². The molecule has 1 aliphatic rings. The Balaban J connectivity index is 1.67. The number of hydrogen-bond acceptors (Lipinski definition) is 4. The number of ether oxygens (including phenoxy) is 2. The molecule has 0 radical (unpaired) electrons. The zero-order valence-corrected chi connectivity index (χ0v) is 12.9. The second-order valence-corrected chi connectivity index (χ2v) is 6.53. The Bertz CT molecular complexity index is 438. The number of benzene rings is 1. The summed E-state index contributed by atoms with van der Waals surface area (Å²) in [5.41, 5.74) is 0.894. The molecule has 1 aromatic carbocycles. The molecular weight excluding hydrogens is 267 g/mol. The van der Waals surface area contributed by atoms with E-state index in [1.807, 2.05) is 0 Å². The van der Waals surface area contributed by atoms with E-state index in [2.05, 4.69) is 13.8 Å². The Hall–Kier alpha value is -1.04. The third kappa shape index (κ3) is 5.34. The molecule has 1 aliphatic carbocycles. The highest BCUT2D eigenvalue weighted by Crippen LogP contribution is 2.36. The molecule has 4 nitrogen and oxygen atoms in total. The molecule has 1 fully saturated rings. The average molecular weight is 292 g/mol. The van der Waals surface area contributed by atoms with Crippen LogP contribution >= 0.6 is 0 Å². The highest BCUT2D eigenvalue weighted by atomic mass is 16.5. The molecule has 0 saturated heterocycles. The van der Waals surface area contributed by atoms with Crippen molar-refractivity contribution >= 4 is 12.6 Å². The van der Waals surface area contributed by atoms with Crippen LogP contribution in [-0.2, 0) is 4.74 Å². The summed E-state index contributed by atoms with van der Waals surface area (Å²) in [6.45, 7) is 5.67. The summed E-state index contributed by atoms with van der Waals surface area (Å²) in [5, 5.41) is 18.2. The first kappa shape index (κ1) is 16.3. The summed E-state index contributed by atoms with van der Waals surface area (Å²) in [5.74, 6) is 0.633. The van der Waals surface area contributed by atoms with E-state index in [0.717, 1.165) is 12.8 Å². The number of hydrogen-bond donors (Lipinski definition) is 2. The topological polar surface area (TPSA) is 58.9 Å². The van der Waals surface area contributed by atoms with Crippen LogP contribution in [0.25, 0.3) is 0 Å². The van der Waals surface area contributed by atoms with E-state index >= 15 is 0 Å². The van der Waals surface area contributed by atoms with Gasteiger partial charge in [0, 0.05) is 0 Å². The summed E-state index contributed by atoms with van der Waals surface area (Å²) in [4.78, 5) is 0. The molecule has 1 aromatic rings. The molecule has 0 heterocycles. The van der Waals surface area contributed by atoms with Crippen LogP contribution in [0.4, 0.5) is 0 Å². The highest BCUT2D eigenvalue weighted by Gasteiger charge is 2.26. The standard InChI is InChI=1S/C16H25BO4/c1-16(2)8-6-14(7-9-16)20-10-11-21-15-5-3-4-13(12-15)17(18)19/h3-5,12,14,18-19H,6-11H2,1-2H3. The van der Waals surface area contributed by atoms with Crippen molar-refractivity contribution in [2.24, 2.45) is 5.41 Å². The van der Waals surface area contributed by atoms with Gasteiger partial charge in [0.15, 0.2) is 0 Å². The molecule has 0 atom stereocenters. The molecule has 5 heteroatoms. The van der Waals surface area contributed by atoms with Crippen LogP contribution in [0.15, 0.2) is 24.3 Å². The van der Waals surface area contributed by atoms with Gasteiger partial charge in [-0.3, -0.25) is 0 Å². The fraction of sp³-hybridized carbons (Fsp3) is 0.625. The van der Waals surface area contributed by atoms with Crippen LogP contribution in [0.5, 0.6) is 5.75 Å². The molecule has 116 valence electrons. The SMILES string of the molecule is CC1(C)CCC(OCCOc2cccc(B(O)O)c2)CC1. The monoisotopic (exact) mass is 292 g/mol. The van der Waals surface area contributed by atoms with E-state index < -0.39 is 7.12 Å². The van der Waals surface area contributed by atoms with E-state index in [4.69, 9.17) is 19.5 Å². The zero-order chi connectivity index (χ0) is 15.3. The van der Waals surface area contributed by atoms with Gasteiger partial charge in [-0.15, -0.1) is 0 Å². The fourth-order valence-corrected chi connectivity index (χ4v) is 2.68. The highest BCUT2D eigenvalue weighted by molar-refractivity contribution is 6.58. The van der Waals surface area contributed by atoms with Gasteiger partial charge in [0.05, 0.1) is 12.7 Å². The van der Waals surface area contributed by atoms with Gasteiger partial charge in [-0.05, 0) is 48.7 Å². The second-order valence-electron chi connectivity index (χ2n) is 6.53. The lowest BCUT2D eigenvalue weighted by Crippen LogP contribution is -2.29. The normalized spacial score (nSPS) is 18.5. The Labute approximate surface area is 127 Å². The molecule has 0 unspecified atom stereocenters. The minimum atomic E-state index is -1.46. The Morgan fingerprint density at radius 1 is 1.19 bits per heavy atom. The summed E-state index contributed by atoms with van der Waals surface area (Å²) >= 11 is 0. The quantitative estimate of drug-likeness (QED) is 0.619. The van der Waals surface area contributed by atoms with Crippen molar-refractivity contribution < 1.29 is 19.5 Å². The molecule has 0 aromatic heterocycles. The van der Waals surface area contributed by atoms with Crippen molar-refractivity contribution in [3.8, 4) is 5.75 Å². The first-order valence-corrected chi connectivity index (χ1v) is 7.67. The summed E-state index contributed by atoms with van der Waals surface area (Å²) < 4.78 is 11.4. The van der Waals surface area contributed by atoms with Gasteiger partial charge < -0.3 is 19.5 Å². The van der Waals surface area contributed by atoms with Crippen LogP contribution in [-0.4, -0.2) is 36.5 Å². The van der Waals surface area contributed by atoms with Crippen LogP contribution < -0.4 is 10.2 Å². The van der Waals surface area contributed by atoms with Gasteiger partial charge in [0.25, 0.3) is 0 Å². The lowest BCUT2D eigenvalue weighted by atomic mass is 9.76. The van der Waals surface area contributed by atoms with Crippen LogP contribution in [0.2, 0.25) is 0 Å². The summed E-state index contributed by atoms with van der Waals surface area (Å²) in [7, 11) is -1.46. The first-order valence-electron chi connectivity index (χ1n) is 7.67. The minimum Gasteiger partial charge on any atom is -0.491 e. The molecule has 21 heavy (non-hydrogen) atoms. The fourth-order valence-electron chi connectivity index (χ4n) is 2.68. The van der Waals surface area contributed by atoms with Gasteiger partial charge in [0.2, 0.25) is 0 Å². The molecule has 0 spiro atoms. The third-order valence-electron chi connectivity index (χ3n) is 4.15. The third-order valence-corrected chi connectivity index (χ3v) is 4.15. The first-order chi connectivity index (χ1) is 9.96. The average Bonchev–Trinajstić information content (AvgIpc) is 2.45. The Morgan fingerprint density at radius 2 is 1.90 bits per heavy atom. The minimum absolute atomic E-state index is 0.354. The largest absolute Gasteiger partial charge is 0.491 e. The lowest BCUT2D eigenvalue weighted by Gasteiger charge is -2.34. The Kier molecular flexibility index (Phi) is 5.68. The van der Waals surface area contributed by atoms with Crippen LogP contribution in [0.3, 0.4) is 0 Å². The van der Waals surface area contributed by atoms with E-state index in [1.54, 1.807) is 24.3 Å². The van der Waals surface area contributed by atoms with E-state index in [1.165, 1.54) is 12.8 Å². The van der Waals surface area contributed by atoms with Gasteiger partial charge in [-0.25, -0.2) is 0 Å². The van der Waals surface area contributed by atoms with E-state index in [0.29, 0.717) is 35.9 Å². The van der Waals surface area contributed by atoms with Crippen LogP contribution in [0, 0.1) is 5.41 Å². The maximum Gasteiger partial charge on any atom is 0.488 e. The van der Waals surface area contributed by atoms with E-state index in [9.17, 15) is 0 Å². The second kappa shape index (κ2) is 7.30. The van der Waals surface area contributed by atoms with Gasteiger partial charge in [0.1, 0.15) is 12.4 Å². The maximum atomic E-state index is 9.11. The van der Waals surface area contributed by atoms with Crippen molar-refractivity contribution in [2.75, 3.05) is 13.2 Å².